The molecular weight excluding hydrogens is 384 g/mol. The Kier molecular flexibility index (Phi) is 4.59. The molecule has 0 atom stereocenters. The van der Waals surface area contributed by atoms with Crippen molar-refractivity contribution in [3.05, 3.63) is 33.4 Å². The lowest BCUT2D eigenvalue weighted by atomic mass is 10.4. The van der Waals surface area contributed by atoms with Gasteiger partial charge in [0.1, 0.15) is 0 Å². The van der Waals surface area contributed by atoms with Crippen LogP contribution < -0.4 is 4.74 Å². The van der Waals surface area contributed by atoms with Gasteiger partial charge in [0.15, 0.2) is 10.9 Å². The molecule has 6 nitrogen and oxygen atoms in total. The molecule has 0 aromatic carbocycles. The Morgan fingerprint density at radius 3 is 2.95 bits per heavy atom. The van der Waals surface area contributed by atoms with Crippen molar-refractivity contribution in [2.75, 3.05) is 6.61 Å². The van der Waals surface area contributed by atoms with E-state index < -0.39 is 6.16 Å². The van der Waals surface area contributed by atoms with Gasteiger partial charge in [-0.25, -0.2) is 14.5 Å². The zero-order chi connectivity index (χ0) is 13.8. The van der Waals surface area contributed by atoms with Crippen LogP contribution in [0.5, 0.6) is 5.75 Å². The number of hydrogen-bond acceptors (Lipinski definition) is 5. The van der Waals surface area contributed by atoms with Gasteiger partial charge in [0.05, 0.1) is 28.3 Å². The minimum atomic E-state index is -0.821. The third-order valence-electron chi connectivity index (χ3n) is 2.06. The molecule has 0 N–H and O–H groups in total. The molecule has 2 aromatic heterocycles. The van der Waals surface area contributed by atoms with Crippen molar-refractivity contribution >= 4 is 40.3 Å². The second-order valence-corrected chi connectivity index (χ2v) is 4.97. The van der Waals surface area contributed by atoms with Crippen molar-refractivity contribution in [2.45, 2.75) is 6.92 Å². The predicted octanol–water partition coefficient (Wildman–Crippen LogP) is 3.06. The molecule has 0 amide bonds. The number of ether oxygens (including phenoxy) is 2. The molecule has 0 spiro atoms. The largest absolute Gasteiger partial charge is 0.513 e. The summed E-state index contributed by atoms with van der Waals surface area (Å²) in [5.74, 6) is 0.128. The Morgan fingerprint density at radius 2 is 2.32 bits per heavy atom. The lowest BCUT2D eigenvalue weighted by Gasteiger charge is -2.07. The number of pyridine rings is 1. The zero-order valence-electron chi connectivity index (χ0n) is 9.84. The van der Waals surface area contributed by atoms with Crippen molar-refractivity contribution in [3.63, 3.8) is 0 Å². The highest BCUT2D eigenvalue weighted by molar-refractivity contribution is 14.1. The minimum absolute atomic E-state index is 0.0821. The Balaban J connectivity index is 2.27. The lowest BCUT2D eigenvalue weighted by molar-refractivity contribution is 0.104. The van der Waals surface area contributed by atoms with Gasteiger partial charge in [0.2, 0.25) is 0 Å². The molecule has 0 aliphatic carbocycles. The molecule has 0 bridgehead atoms. The number of hydrogen-bond donors (Lipinski definition) is 0. The standard InChI is InChI=1S/C11H9ClIN3O3/c1-2-18-11(17)19-9-3-8(5-14-10(9)12)16-6-7(13)4-15-16/h3-6H,2H2,1H3. The Bertz CT molecular complexity index is 603. The summed E-state index contributed by atoms with van der Waals surface area (Å²) in [4.78, 5) is 15.2. The number of carbonyl (C=O) groups is 1. The van der Waals surface area contributed by atoms with E-state index in [1.54, 1.807) is 30.1 Å². The van der Waals surface area contributed by atoms with E-state index in [9.17, 15) is 4.79 Å². The number of nitrogens with zero attached hydrogens (tertiary/aromatic N) is 3. The van der Waals surface area contributed by atoms with E-state index in [4.69, 9.17) is 16.3 Å². The summed E-state index contributed by atoms with van der Waals surface area (Å²) in [7, 11) is 0. The normalized spacial score (nSPS) is 10.3. The molecule has 0 radical (unpaired) electrons. The third kappa shape index (κ3) is 3.57. The highest BCUT2D eigenvalue weighted by Crippen LogP contribution is 2.25. The van der Waals surface area contributed by atoms with Gasteiger partial charge in [0.25, 0.3) is 0 Å². The maximum absolute atomic E-state index is 11.3. The maximum atomic E-state index is 11.3. The van der Waals surface area contributed by atoms with Crippen molar-refractivity contribution in [3.8, 4) is 11.4 Å². The fourth-order valence-corrected chi connectivity index (χ4v) is 1.82. The molecule has 0 fully saturated rings. The van der Waals surface area contributed by atoms with Crippen LogP contribution in [0.3, 0.4) is 0 Å². The maximum Gasteiger partial charge on any atom is 0.513 e. The second-order valence-electron chi connectivity index (χ2n) is 3.37. The van der Waals surface area contributed by atoms with Gasteiger partial charge in [-0.2, -0.15) is 5.10 Å². The van der Waals surface area contributed by atoms with E-state index >= 15 is 0 Å². The number of rotatable bonds is 3. The third-order valence-corrected chi connectivity index (χ3v) is 2.90. The van der Waals surface area contributed by atoms with Gasteiger partial charge < -0.3 is 9.47 Å². The molecule has 0 saturated carbocycles. The highest BCUT2D eigenvalue weighted by atomic mass is 127. The first-order chi connectivity index (χ1) is 9.10. The minimum Gasteiger partial charge on any atom is -0.434 e. The first-order valence-electron chi connectivity index (χ1n) is 5.31. The summed E-state index contributed by atoms with van der Waals surface area (Å²) in [6.07, 6.45) is 4.21. The molecule has 2 heterocycles. The number of aromatic nitrogens is 3. The van der Waals surface area contributed by atoms with Crippen LogP contribution in [0.1, 0.15) is 6.92 Å². The van der Waals surface area contributed by atoms with Crippen LogP contribution >= 0.6 is 34.2 Å². The fourth-order valence-electron chi connectivity index (χ4n) is 1.29. The summed E-state index contributed by atoms with van der Waals surface area (Å²) in [6, 6.07) is 1.56. The molecule has 2 rings (SSSR count). The van der Waals surface area contributed by atoms with Crippen LogP contribution in [0.2, 0.25) is 5.15 Å². The smallest absolute Gasteiger partial charge is 0.434 e. The molecule has 0 unspecified atom stereocenters. The van der Waals surface area contributed by atoms with Gasteiger partial charge in [-0.1, -0.05) is 11.6 Å². The van der Waals surface area contributed by atoms with Gasteiger partial charge in [-0.3, -0.25) is 0 Å². The van der Waals surface area contributed by atoms with E-state index in [-0.39, 0.29) is 17.5 Å². The SMILES string of the molecule is CCOC(=O)Oc1cc(-n2cc(I)cn2)cnc1Cl. The summed E-state index contributed by atoms with van der Waals surface area (Å²) in [6.45, 7) is 1.91. The average molecular weight is 394 g/mol. The molecule has 0 aliphatic rings. The molecule has 19 heavy (non-hydrogen) atoms. The Hall–Kier alpha value is -1.35. The van der Waals surface area contributed by atoms with Gasteiger partial charge >= 0.3 is 6.16 Å². The summed E-state index contributed by atoms with van der Waals surface area (Å²) < 4.78 is 12.2. The van der Waals surface area contributed by atoms with Gasteiger partial charge in [-0.15, -0.1) is 0 Å². The van der Waals surface area contributed by atoms with E-state index in [0.717, 1.165) is 3.57 Å². The van der Waals surface area contributed by atoms with Crippen molar-refractivity contribution in [1.82, 2.24) is 14.8 Å². The van der Waals surface area contributed by atoms with Crippen LogP contribution in [0, 0.1) is 3.57 Å². The van der Waals surface area contributed by atoms with Crippen molar-refractivity contribution < 1.29 is 14.3 Å². The molecule has 100 valence electrons. The molecule has 8 heteroatoms. The fraction of sp³-hybridized carbons (Fsp3) is 0.182. The van der Waals surface area contributed by atoms with Crippen LogP contribution in [0.4, 0.5) is 4.79 Å². The van der Waals surface area contributed by atoms with E-state index in [1.165, 1.54) is 6.20 Å². The first kappa shape index (κ1) is 14.1. The van der Waals surface area contributed by atoms with Gasteiger partial charge in [0, 0.05) is 12.3 Å². The number of carbonyl (C=O) groups excluding carboxylic acids is 1. The van der Waals surface area contributed by atoms with E-state index in [1.807, 2.05) is 0 Å². The van der Waals surface area contributed by atoms with Crippen molar-refractivity contribution in [2.24, 2.45) is 0 Å². The van der Waals surface area contributed by atoms with E-state index in [2.05, 4.69) is 37.4 Å². The molecule has 0 saturated heterocycles. The van der Waals surface area contributed by atoms with Crippen molar-refractivity contribution in [1.29, 1.82) is 0 Å². The van der Waals surface area contributed by atoms with Crippen LogP contribution in [-0.2, 0) is 4.74 Å². The van der Waals surface area contributed by atoms with Gasteiger partial charge in [-0.05, 0) is 29.5 Å². The average Bonchev–Trinajstić information content (AvgIpc) is 2.79. The predicted molar refractivity (Wildman–Crippen MR) is 76.7 cm³/mol. The quantitative estimate of drug-likeness (QED) is 0.455. The van der Waals surface area contributed by atoms with Crippen LogP contribution in [0.25, 0.3) is 5.69 Å². The summed E-state index contributed by atoms with van der Waals surface area (Å²) in [5, 5.41) is 4.21. The van der Waals surface area contributed by atoms with E-state index in [0.29, 0.717) is 5.69 Å². The summed E-state index contributed by atoms with van der Waals surface area (Å²) >= 11 is 8.00. The Labute approximate surface area is 127 Å². The molecular formula is C11H9ClIN3O3. The zero-order valence-corrected chi connectivity index (χ0v) is 12.8. The first-order valence-corrected chi connectivity index (χ1v) is 6.76. The second kappa shape index (κ2) is 6.20. The summed E-state index contributed by atoms with van der Waals surface area (Å²) in [5.41, 5.74) is 0.631. The molecule has 0 aliphatic heterocycles. The Morgan fingerprint density at radius 1 is 1.53 bits per heavy atom. The lowest BCUT2D eigenvalue weighted by Crippen LogP contribution is -2.11. The van der Waals surface area contributed by atoms with Crippen LogP contribution in [0.15, 0.2) is 24.7 Å². The highest BCUT2D eigenvalue weighted by Gasteiger charge is 2.12. The number of halogens is 2. The molecule has 2 aromatic rings. The topological polar surface area (TPSA) is 66.2 Å². The monoisotopic (exact) mass is 393 g/mol. The van der Waals surface area contributed by atoms with Crippen LogP contribution in [-0.4, -0.2) is 27.5 Å².